The summed E-state index contributed by atoms with van der Waals surface area (Å²) in [6.45, 7) is 5.59. The van der Waals surface area contributed by atoms with E-state index in [4.69, 9.17) is 4.74 Å². The molecule has 2 atom stereocenters. The maximum Gasteiger partial charge on any atom is 0.253 e. The number of aliphatic hydroxyl groups is 1. The molecule has 6 heteroatoms. The van der Waals surface area contributed by atoms with Crippen molar-refractivity contribution in [2.75, 3.05) is 58.3 Å². The van der Waals surface area contributed by atoms with E-state index in [1.165, 1.54) is 5.69 Å². The molecule has 0 unspecified atom stereocenters. The molecular formula is C21H31N3O3. The van der Waals surface area contributed by atoms with Gasteiger partial charge in [-0.05, 0) is 44.2 Å². The lowest BCUT2D eigenvalue weighted by Gasteiger charge is -2.56. The molecule has 3 fully saturated rings. The molecule has 2 aliphatic heterocycles. The first-order valence-electron chi connectivity index (χ1n) is 10.1. The van der Waals surface area contributed by atoms with Gasteiger partial charge in [0.15, 0.2) is 0 Å². The maximum atomic E-state index is 12.9. The molecule has 0 radical (unpaired) electrons. The van der Waals surface area contributed by atoms with Gasteiger partial charge in [-0.3, -0.25) is 4.79 Å². The van der Waals surface area contributed by atoms with Crippen molar-refractivity contribution in [1.82, 2.24) is 9.80 Å². The summed E-state index contributed by atoms with van der Waals surface area (Å²) >= 11 is 0. The number of methoxy groups -OCH3 is 1. The van der Waals surface area contributed by atoms with Crippen LogP contribution >= 0.6 is 0 Å². The molecule has 1 saturated carbocycles. The van der Waals surface area contributed by atoms with Crippen molar-refractivity contribution in [1.29, 1.82) is 0 Å². The van der Waals surface area contributed by atoms with Gasteiger partial charge in [0.05, 0.1) is 12.2 Å². The largest absolute Gasteiger partial charge is 0.392 e. The van der Waals surface area contributed by atoms with Crippen LogP contribution in [0.25, 0.3) is 0 Å². The number of hydrogen-bond donors (Lipinski definition) is 1. The van der Waals surface area contributed by atoms with Gasteiger partial charge >= 0.3 is 0 Å². The maximum absolute atomic E-state index is 12.9. The molecule has 1 aliphatic carbocycles. The molecular weight excluding hydrogens is 342 g/mol. The number of carbonyl (C=O) groups excluding carboxylic acids is 1. The highest BCUT2D eigenvalue weighted by Crippen LogP contribution is 2.50. The van der Waals surface area contributed by atoms with Gasteiger partial charge in [0.25, 0.3) is 5.91 Å². The topological polar surface area (TPSA) is 56.3 Å². The Labute approximate surface area is 161 Å². The Hall–Kier alpha value is -1.63. The number of piperazine rings is 1. The van der Waals surface area contributed by atoms with Gasteiger partial charge in [0.2, 0.25) is 0 Å². The quantitative estimate of drug-likeness (QED) is 0.869. The first-order chi connectivity index (χ1) is 13.0. The van der Waals surface area contributed by atoms with Gasteiger partial charge < -0.3 is 24.5 Å². The minimum atomic E-state index is -0.289. The Bertz CT molecular complexity index is 662. The third kappa shape index (κ3) is 3.35. The summed E-state index contributed by atoms with van der Waals surface area (Å²) in [6.07, 6.45) is 2.20. The zero-order valence-electron chi connectivity index (χ0n) is 16.4. The second-order valence-corrected chi connectivity index (χ2v) is 8.34. The lowest BCUT2D eigenvalue weighted by atomic mass is 9.58. The van der Waals surface area contributed by atoms with Crippen molar-refractivity contribution in [2.24, 2.45) is 5.41 Å². The third-order valence-corrected chi connectivity index (χ3v) is 6.99. The van der Waals surface area contributed by atoms with Gasteiger partial charge in [-0.15, -0.1) is 0 Å². The fourth-order valence-corrected chi connectivity index (χ4v) is 4.90. The highest BCUT2D eigenvalue weighted by atomic mass is 16.5. The smallest absolute Gasteiger partial charge is 0.253 e. The van der Waals surface area contributed by atoms with Gasteiger partial charge in [0.1, 0.15) is 0 Å². The number of aliphatic hydroxyl groups excluding tert-OH is 1. The predicted molar refractivity (Wildman–Crippen MR) is 105 cm³/mol. The van der Waals surface area contributed by atoms with Crippen LogP contribution in [0.3, 0.4) is 0 Å². The Morgan fingerprint density at radius 2 is 1.70 bits per heavy atom. The molecule has 3 aliphatic rings. The molecule has 1 amide bonds. The number of benzene rings is 1. The number of hydrogen-bond acceptors (Lipinski definition) is 5. The van der Waals surface area contributed by atoms with Crippen molar-refractivity contribution >= 4 is 11.6 Å². The van der Waals surface area contributed by atoms with Crippen molar-refractivity contribution in [2.45, 2.75) is 31.5 Å². The lowest BCUT2D eigenvalue weighted by molar-refractivity contribution is -0.199. The number of amides is 1. The van der Waals surface area contributed by atoms with Crippen LogP contribution in [-0.4, -0.2) is 86.4 Å². The van der Waals surface area contributed by atoms with Crippen LogP contribution in [0.5, 0.6) is 0 Å². The summed E-state index contributed by atoms with van der Waals surface area (Å²) in [5.74, 6) is 0.0950. The zero-order chi connectivity index (χ0) is 19.0. The average Bonchev–Trinajstić information content (AvgIpc) is 2.72. The van der Waals surface area contributed by atoms with Gasteiger partial charge in [0, 0.05) is 69.5 Å². The molecule has 0 bridgehead atoms. The summed E-state index contributed by atoms with van der Waals surface area (Å²) in [4.78, 5) is 19.5. The minimum Gasteiger partial charge on any atom is -0.392 e. The summed E-state index contributed by atoms with van der Waals surface area (Å²) in [5, 5.41) is 10.2. The van der Waals surface area contributed by atoms with E-state index < -0.39 is 0 Å². The summed E-state index contributed by atoms with van der Waals surface area (Å²) in [6, 6.07) is 8.05. The van der Waals surface area contributed by atoms with Crippen LogP contribution in [0.4, 0.5) is 5.69 Å². The number of likely N-dealkylation sites (N-methyl/N-ethyl adjacent to an activating group) is 1. The van der Waals surface area contributed by atoms with Crippen LogP contribution in [0.1, 0.15) is 29.6 Å². The molecule has 0 aromatic heterocycles. The van der Waals surface area contributed by atoms with Gasteiger partial charge in [-0.2, -0.15) is 0 Å². The molecule has 1 aromatic carbocycles. The summed E-state index contributed by atoms with van der Waals surface area (Å²) < 4.78 is 5.54. The van der Waals surface area contributed by atoms with Crippen LogP contribution in [0.2, 0.25) is 0 Å². The molecule has 2 saturated heterocycles. The average molecular weight is 373 g/mol. The number of likely N-dealkylation sites (tertiary alicyclic amines) is 1. The van der Waals surface area contributed by atoms with E-state index in [2.05, 4.69) is 29.0 Å². The van der Waals surface area contributed by atoms with E-state index in [0.29, 0.717) is 13.1 Å². The van der Waals surface area contributed by atoms with E-state index in [1.807, 2.05) is 17.0 Å². The van der Waals surface area contributed by atoms with E-state index in [0.717, 1.165) is 51.0 Å². The van der Waals surface area contributed by atoms with E-state index >= 15 is 0 Å². The Balaban J connectivity index is 1.36. The number of carbonyl (C=O) groups is 1. The Kier molecular flexibility index (Phi) is 5.14. The normalized spacial score (nSPS) is 28.3. The van der Waals surface area contributed by atoms with Crippen molar-refractivity contribution < 1.29 is 14.6 Å². The van der Waals surface area contributed by atoms with Gasteiger partial charge in [-0.25, -0.2) is 0 Å². The fraction of sp³-hybridized carbons (Fsp3) is 0.667. The van der Waals surface area contributed by atoms with Crippen molar-refractivity contribution in [3.8, 4) is 0 Å². The highest BCUT2D eigenvalue weighted by Gasteiger charge is 2.56. The second-order valence-electron chi connectivity index (χ2n) is 8.34. The zero-order valence-corrected chi connectivity index (χ0v) is 16.4. The number of nitrogens with zero attached hydrogens (tertiary/aromatic N) is 3. The van der Waals surface area contributed by atoms with Crippen molar-refractivity contribution in [3.05, 3.63) is 29.8 Å². The van der Waals surface area contributed by atoms with Gasteiger partial charge in [-0.1, -0.05) is 0 Å². The van der Waals surface area contributed by atoms with Crippen molar-refractivity contribution in [3.63, 3.8) is 0 Å². The van der Waals surface area contributed by atoms with Crippen LogP contribution in [0.15, 0.2) is 24.3 Å². The SMILES string of the molecule is CO[C@@H]1C[C@H](O)C12CCN(C(=O)c1ccc(N3CCN(C)CC3)cc1)CC2. The summed E-state index contributed by atoms with van der Waals surface area (Å²) in [5.41, 5.74) is 1.80. The molecule has 2 heterocycles. The third-order valence-electron chi connectivity index (χ3n) is 6.99. The molecule has 4 rings (SSSR count). The van der Waals surface area contributed by atoms with E-state index in [9.17, 15) is 9.90 Å². The monoisotopic (exact) mass is 373 g/mol. The summed E-state index contributed by atoms with van der Waals surface area (Å²) in [7, 11) is 3.87. The number of piperidine rings is 1. The first kappa shape index (κ1) is 18.7. The predicted octanol–water partition coefficient (Wildman–Crippen LogP) is 1.44. The molecule has 148 valence electrons. The molecule has 1 spiro atoms. The van der Waals surface area contributed by atoms with E-state index in [1.54, 1.807) is 7.11 Å². The van der Waals surface area contributed by atoms with Crippen LogP contribution in [0, 0.1) is 5.41 Å². The number of anilines is 1. The second kappa shape index (κ2) is 7.41. The Morgan fingerprint density at radius 1 is 1.07 bits per heavy atom. The number of rotatable bonds is 3. The van der Waals surface area contributed by atoms with Crippen LogP contribution < -0.4 is 4.90 Å². The Morgan fingerprint density at radius 3 is 2.26 bits per heavy atom. The standard InChI is InChI=1S/C21H31N3O3/c1-22-11-13-23(14-12-22)17-5-3-16(4-6-17)20(26)24-9-7-21(8-10-24)18(25)15-19(21)27-2/h3-6,18-19,25H,7-15H2,1-2H3/t18-,19+/m0/s1. The molecule has 1 aromatic rings. The van der Waals surface area contributed by atoms with E-state index in [-0.39, 0.29) is 23.5 Å². The highest BCUT2D eigenvalue weighted by molar-refractivity contribution is 5.94. The lowest BCUT2D eigenvalue weighted by Crippen LogP contribution is -2.62. The molecule has 27 heavy (non-hydrogen) atoms. The number of ether oxygens (including phenoxy) is 1. The minimum absolute atomic E-state index is 0.0950. The first-order valence-corrected chi connectivity index (χ1v) is 10.1. The molecule has 1 N–H and O–H groups in total. The molecule has 6 nitrogen and oxygen atoms in total. The van der Waals surface area contributed by atoms with Crippen LogP contribution in [-0.2, 0) is 4.74 Å². The fourth-order valence-electron chi connectivity index (χ4n) is 4.90.